The van der Waals surface area contributed by atoms with Crippen LogP contribution in [-0.2, 0) is 0 Å². The fourth-order valence-electron chi connectivity index (χ4n) is 2.34. The summed E-state index contributed by atoms with van der Waals surface area (Å²) >= 11 is 0. The van der Waals surface area contributed by atoms with Gasteiger partial charge >= 0.3 is 0 Å². The summed E-state index contributed by atoms with van der Waals surface area (Å²) < 4.78 is 0. The molecule has 1 aliphatic rings. The molecule has 78 valence electrons. The van der Waals surface area contributed by atoms with Crippen molar-refractivity contribution >= 4 is 0 Å². The van der Waals surface area contributed by atoms with Crippen LogP contribution in [-0.4, -0.2) is 35.5 Å². The van der Waals surface area contributed by atoms with Crippen molar-refractivity contribution in [2.75, 3.05) is 19.8 Å². The molecule has 13 heavy (non-hydrogen) atoms. The van der Waals surface area contributed by atoms with Gasteiger partial charge in [0.15, 0.2) is 0 Å². The van der Waals surface area contributed by atoms with E-state index < -0.39 is 0 Å². The third-order valence-corrected chi connectivity index (χ3v) is 3.01. The van der Waals surface area contributed by atoms with Gasteiger partial charge in [0, 0.05) is 12.1 Å². The second kappa shape index (κ2) is 4.94. The highest BCUT2D eigenvalue weighted by Gasteiger charge is 2.33. The summed E-state index contributed by atoms with van der Waals surface area (Å²) in [6.07, 6.45) is 4.51. The molecule has 2 unspecified atom stereocenters. The van der Waals surface area contributed by atoms with Gasteiger partial charge in [0.05, 0.1) is 13.2 Å². The SMILES string of the molecule is CC1CCCC(CO)(NCCO)C1. The van der Waals surface area contributed by atoms with E-state index in [9.17, 15) is 5.11 Å². The van der Waals surface area contributed by atoms with Crippen molar-refractivity contribution in [2.24, 2.45) is 5.92 Å². The van der Waals surface area contributed by atoms with Gasteiger partial charge in [-0.05, 0) is 18.8 Å². The van der Waals surface area contributed by atoms with Gasteiger partial charge in [-0.1, -0.05) is 19.8 Å². The van der Waals surface area contributed by atoms with Crippen LogP contribution in [0.25, 0.3) is 0 Å². The second-order valence-electron chi connectivity index (χ2n) is 4.29. The van der Waals surface area contributed by atoms with Crippen LogP contribution < -0.4 is 5.32 Å². The Morgan fingerprint density at radius 2 is 2.23 bits per heavy atom. The van der Waals surface area contributed by atoms with Crippen molar-refractivity contribution in [2.45, 2.75) is 38.1 Å². The summed E-state index contributed by atoms with van der Waals surface area (Å²) in [4.78, 5) is 0. The topological polar surface area (TPSA) is 52.5 Å². The number of β-amino-alcohol motifs (C(OH)–C–C–N with tert-alkyl or cyclic N) is 1. The first-order valence-electron chi connectivity index (χ1n) is 5.19. The number of rotatable bonds is 4. The van der Waals surface area contributed by atoms with E-state index in [1.54, 1.807) is 0 Å². The van der Waals surface area contributed by atoms with Gasteiger partial charge in [-0.2, -0.15) is 0 Å². The Bertz CT molecular complexity index is 152. The van der Waals surface area contributed by atoms with Crippen molar-refractivity contribution in [3.8, 4) is 0 Å². The molecular weight excluding hydrogens is 166 g/mol. The molecule has 0 spiro atoms. The van der Waals surface area contributed by atoms with Crippen LogP contribution in [0.5, 0.6) is 0 Å². The van der Waals surface area contributed by atoms with E-state index in [-0.39, 0.29) is 18.8 Å². The average Bonchev–Trinajstić information content (AvgIpc) is 2.15. The molecule has 1 rings (SSSR count). The van der Waals surface area contributed by atoms with E-state index >= 15 is 0 Å². The number of nitrogens with one attached hydrogen (secondary N) is 1. The van der Waals surface area contributed by atoms with Gasteiger partial charge < -0.3 is 15.5 Å². The zero-order chi connectivity index (χ0) is 9.73. The molecule has 0 saturated heterocycles. The first-order valence-corrected chi connectivity index (χ1v) is 5.19. The Balaban J connectivity index is 2.46. The van der Waals surface area contributed by atoms with Crippen LogP contribution >= 0.6 is 0 Å². The molecule has 1 aliphatic carbocycles. The van der Waals surface area contributed by atoms with Crippen LogP contribution in [0, 0.1) is 5.92 Å². The molecule has 0 bridgehead atoms. The summed E-state index contributed by atoms with van der Waals surface area (Å²) in [5.74, 6) is 0.687. The number of hydrogen-bond donors (Lipinski definition) is 3. The summed E-state index contributed by atoms with van der Waals surface area (Å²) in [5.41, 5.74) is -0.111. The Hall–Kier alpha value is -0.120. The lowest BCUT2D eigenvalue weighted by atomic mass is 9.77. The minimum Gasteiger partial charge on any atom is -0.395 e. The quantitative estimate of drug-likeness (QED) is 0.601. The third-order valence-electron chi connectivity index (χ3n) is 3.01. The molecule has 3 N–H and O–H groups in total. The highest BCUT2D eigenvalue weighted by Crippen LogP contribution is 2.31. The van der Waals surface area contributed by atoms with Gasteiger partial charge in [-0.3, -0.25) is 0 Å². The van der Waals surface area contributed by atoms with Gasteiger partial charge in [0.1, 0.15) is 0 Å². The average molecular weight is 187 g/mol. The largest absolute Gasteiger partial charge is 0.395 e. The highest BCUT2D eigenvalue weighted by molar-refractivity contribution is 4.92. The van der Waals surface area contributed by atoms with E-state index in [4.69, 9.17) is 5.11 Å². The van der Waals surface area contributed by atoms with Gasteiger partial charge in [0.25, 0.3) is 0 Å². The van der Waals surface area contributed by atoms with Crippen LogP contribution in [0.2, 0.25) is 0 Å². The molecule has 3 nitrogen and oxygen atoms in total. The molecule has 3 heteroatoms. The maximum Gasteiger partial charge on any atom is 0.0613 e. The predicted octanol–water partition coefficient (Wildman–Crippen LogP) is 0.509. The van der Waals surface area contributed by atoms with Gasteiger partial charge in [-0.15, -0.1) is 0 Å². The lowest BCUT2D eigenvalue weighted by Crippen LogP contribution is -2.52. The monoisotopic (exact) mass is 187 g/mol. The predicted molar refractivity (Wildman–Crippen MR) is 52.5 cm³/mol. The molecule has 0 aromatic heterocycles. The van der Waals surface area contributed by atoms with Gasteiger partial charge in [0.2, 0.25) is 0 Å². The van der Waals surface area contributed by atoms with Crippen LogP contribution in [0.1, 0.15) is 32.6 Å². The molecule has 0 heterocycles. The van der Waals surface area contributed by atoms with Crippen LogP contribution in [0.3, 0.4) is 0 Å². The maximum atomic E-state index is 9.34. The molecule has 2 atom stereocenters. The molecule has 0 aromatic carbocycles. The fourth-order valence-corrected chi connectivity index (χ4v) is 2.34. The smallest absolute Gasteiger partial charge is 0.0613 e. The molecule has 0 aromatic rings. The van der Waals surface area contributed by atoms with Crippen molar-refractivity contribution < 1.29 is 10.2 Å². The highest BCUT2D eigenvalue weighted by atomic mass is 16.3. The molecule has 0 amide bonds. The summed E-state index contributed by atoms with van der Waals surface area (Å²) in [5, 5.41) is 21.3. The van der Waals surface area contributed by atoms with E-state index in [0.717, 1.165) is 12.8 Å². The lowest BCUT2D eigenvalue weighted by Gasteiger charge is -2.39. The molecule has 0 radical (unpaired) electrons. The number of aliphatic hydroxyl groups is 2. The summed E-state index contributed by atoms with van der Waals surface area (Å²) in [7, 11) is 0. The first-order chi connectivity index (χ1) is 6.22. The van der Waals surface area contributed by atoms with Crippen molar-refractivity contribution in [3.63, 3.8) is 0 Å². The number of aliphatic hydroxyl groups excluding tert-OH is 2. The zero-order valence-corrected chi connectivity index (χ0v) is 8.42. The zero-order valence-electron chi connectivity index (χ0n) is 8.42. The van der Waals surface area contributed by atoms with Gasteiger partial charge in [-0.25, -0.2) is 0 Å². The van der Waals surface area contributed by atoms with E-state index in [0.29, 0.717) is 12.5 Å². The van der Waals surface area contributed by atoms with Crippen molar-refractivity contribution in [3.05, 3.63) is 0 Å². The fraction of sp³-hybridized carbons (Fsp3) is 1.00. The Labute approximate surface area is 80.2 Å². The third kappa shape index (κ3) is 2.93. The molecular formula is C10H21NO2. The second-order valence-corrected chi connectivity index (χ2v) is 4.29. The maximum absolute atomic E-state index is 9.34. The lowest BCUT2D eigenvalue weighted by molar-refractivity contribution is 0.0943. The minimum absolute atomic E-state index is 0.111. The van der Waals surface area contributed by atoms with E-state index in [1.165, 1.54) is 12.8 Å². The number of hydrogen-bond acceptors (Lipinski definition) is 3. The van der Waals surface area contributed by atoms with Crippen molar-refractivity contribution in [1.29, 1.82) is 0 Å². The Morgan fingerprint density at radius 3 is 2.77 bits per heavy atom. The Morgan fingerprint density at radius 1 is 1.46 bits per heavy atom. The van der Waals surface area contributed by atoms with E-state index in [1.807, 2.05) is 0 Å². The normalized spacial score (nSPS) is 34.8. The van der Waals surface area contributed by atoms with Crippen molar-refractivity contribution in [1.82, 2.24) is 5.32 Å². The first kappa shape index (κ1) is 11.0. The van der Waals surface area contributed by atoms with Crippen LogP contribution in [0.15, 0.2) is 0 Å². The van der Waals surface area contributed by atoms with E-state index in [2.05, 4.69) is 12.2 Å². The molecule has 1 saturated carbocycles. The summed E-state index contributed by atoms with van der Waals surface area (Å²) in [6, 6.07) is 0. The minimum atomic E-state index is -0.111. The standard InChI is InChI=1S/C10H21NO2/c1-9-3-2-4-10(7-9,8-13)11-5-6-12/h9,11-13H,2-8H2,1H3. The molecule has 1 fully saturated rings. The van der Waals surface area contributed by atoms with Crippen LogP contribution in [0.4, 0.5) is 0 Å². The Kier molecular flexibility index (Phi) is 4.16. The summed E-state index contributed by atoms with van der Waals surface area (Å²) in [6.45, 7) is 3.16. The molecule has 0 aliphatic heterocycles.